The molecule has 38 heavy (non-hydrogen) atoms. The second kappa shape index (κ2) is 12.6. The van der Waals surface area contributed by atoms with Crippen LogP contribution in [0.5, 0.6) is 0 Å². The molecule has 196 valence electrons. The van der Waals surface area contributed by atoms with E-state index in [2.05, 4.69) is 61.9 Å². The molecule has 0 saturated carbocycles. The topological polar surface area (TPSA) is 125 Å². The molecule has 0 unspecified atom stereocenters. The third kappa shape index (κ3) is 6.74. The van der Waals surface area contributed by atoms with E-state index in [9.17, 15) is 25.0 Å². The molecule has 0 aliphatic heterocycles. The molecule has 0 aliphatic rings. The summed E-state index contributed by atoms with van der Waals surface area (Å²) in [4.78, 5) is 35.9. The fraction of sp³-hybridized carbons (Fsp3) is 0.192. The van der Waals surface area contributed by atoms with Crippen molar-refractivity contribution >= 4 is 97.3 Å². The predicted octanol–water partition coefficient (Wildman–Crippen LogP) is 7.92. The molecule has 0 bridgehead atoms. The van der Waals surface area contributed by atoms with Crippen LogP contribution in [0.1, 0.15) is 46.8 Å². The Kier molecular flexibility index (Phi) is 9.96. The minimum absolute atomic E-state index is 0.0320. The highest BCUT2D eigenvalue weighted by molar-refractivity contribution is 14.1. The SMILES string of the molecule is Cc1cc([C@H](C#N)c2ccc(Cl)c([N+](=O)[O-])c2)c(Cl)cc1NC(=O)c1cc(I)c(NC(=O)C(C)C)c(I)c1. The van der Waals surface area contributed by atoms with Gasteiger partial charge >= 0.3 is 0 Å². The summed E-state index contributed by atoms with van der Waals surface area (Å²) in [5.74, 6) is -1.57. The number of nitro benzene ring substituents is 1. The normalized spacial score (nSPS) is 11.6. The monoisotopic (exact) mass is 776 g/mol. The zero-order chi connectivity index (χ0) is 28.3. The van der Waals surface area contributed by atoms with Gasteiger partial charge in [-0.2, -0.15) is 5.26 Å². The number of rotatable bonds is 7. The summed E-state index contributed by atoms with van der Waals surface area (Å²) in [6, 6.07) is 12.9. The first kappa shape index (κ1) is 30.1. The van der Waals surface area contributed by atoms with Crippen molar-refractivity contribution in [2.24, 2.45) is 5.92 Å². The summed E-state index contributed by atoms with van der Waals surface area (Å²) in [6.07, 6.45) is 0. The molecule has 3 rings (SSSR count). The third-order valence-electron chi connectivity index (χ3n) is 5.61. The number of aryl methyl sites for hydroxylation is 1. The van der Waals surface area contributed by atoms with Crippen LogP contribution in [0.25, 0.3) is 0 Å². The summed E-state index contributed by atoms with van der Waals surface area (Å²) >= 11 is 16.6. The van der Waals surface area contributed by atoms with E-state index in [-0.39, 0.29) is 33.5 Å². The third-order valence-corrected chi connectivity index (χ3v) is 7.96. The van der Waals surface area contributed by atoms with E-state index in [1.807, 2.05) is 0 Å². The van der Waals surface area contributed by atoms with Gasteiger partial charge in [-0.15, -0.1) is 0 Å². The number of hydrogen-bond donors (Lipinski definition) is 2. The maximum absolute atomic E-state index is 13.1. The summed E-state index contributed by atoms with van der Waals surface area (Å²) in [5, 5.41) is 27.1. The fourth-order valence-corrected chi connectivity index (χ4v) is 6.02. The molecule has 0 fully saturated rings. The standard InChI is InChI=1S/C26H20Cl2I2N4O4/c1-12(2)25(35)33-24-20(29)7-15(8-21(24)30)26(36)32-22-10-19(28)16(6-13(22)3)17(11-31)14-4-5-18(27)23(9-14)34(37)38/h4-10,12,17H,1-3H3,(H,32,36)(H,33,35)/t17-/m1/s1. The summed E-state index contributed by atoms with van der Waals surface area (Å²) < 4.78 is 1.43. The molecule has 1 atom stereocenters. The minimum atomic E-state index is -0.890. The van der Waals surface area contributed by atoms with Crippen LogP contribution >= 0.6 is 68.4 Å². The number of nitro groups is 1. The van der Waals surface area contributed by atoms with Crippen molar-refractivity contribution in [3.05, 3.63) is 92.0 Å². The number of nitriles is 1. The molecular formula is C26H20Cl2I2N4O4. The first-order chi connectivity index (χ1) is 17.8. The van der Waals surface area contributed by atoms with E-state index in [4.69, 9.17) is 23.2 Å². The number of hydrogen-bond acceptors (Lipinski definition) is 5. The van der Waals surface area contributed by atoms with Crippen LogP contribution in [-0.2, 0) is 4.79 Å². The van der Waals surface area contributed by atoms with E-state index in [1.54, 1.807) is 51.1 Å². The Hall–Kier alpha value is -2.47. The molecule has 0 aromatic heterocycles. The smallest absolute Gasteiger partial charge is 0.288 e. The Morgan fingerprint density at radius 2 is 1.66 bits per heavy atom. The number of amides is 2. The first-order valence-corrected chi connectivity index (χ1v) is 14.0. The van der Waals surface area contributed by atoms with Crippen molar-refractivity contribution in [2.75, 3.05) is 10.6 Å². The second-order valence-corrected chi connectivity index (χ2v) is 11.8. The van der Waals surface area contributed by atoms with Crippen molar-refractivity contribution in [3.8, 4) is 6.07 Å². The van der Waals surface area contributed by atoms with Gasteiger partial charge in [0.05, 0.1) is 22.6 Å². The summed E-state index contributed by atoms with van der Waals surface area (Å²) in [7, 11) is 0. The number of nitrogens with one attached hydrogen (secondary N) is 2. The molecule has 2 amide bonds. The number of carbonyl (C=O) groups is 2. The molecule has 12 heteroatoms. The first-order valence-electron chi connectivity index (χ1n) is 11.1. The zero-order valence-electron chi connectivity index (χ0n) is 20.2. The maximum atomic E-state index is 13.1. The number of halogens is 4. The molecule has 3 aromatic carbocycles. The van der Waals surface area contributed by atoms with Gasteiger partial charge in [-0.25, -0.2) is 0 Å². The van der Waals surface area contributed by atoms with Gasteiger partial charge in [0.1, 0.15) is 5.02 Å². The van der Waals surface area contributed by atoms with Gasteiger partial charge < -0.3 is 10.6 Å². The van der Waals surface area contributed by atoms with Crippen LogP contribution in [0, 0.1) is 41.4 Å². The molecule has 2 N–H and O–H groups in total. The van der Waals surface area contributed by atoms with E-state index < -0.39 is 10.8 Å². The Bertz CT molecular complexity index is 1480. The van der Waals surface area contributed by atoms with Gasteiger partial charge in [0.25, 0.3) is 11.6 Å². The van der Waals surface area contributed by atoms with Crippen LogP contribution in [-0.4, -0.2) is 16.7 Å². The molecule has 0 radical (unpaired) electrons. The maximum Gasteiger partial charge on any atom is 0.288 e. The highest BCUT2D eigenvalue weighted by atomic mass is 127. The second-order valence-electron chi connectivity index (χ2n) is 8.63. The van der Waals surface area contributed by atoms with Gasteiger partial charge in [0.15, 0.2) is 0 Å². The average Bonchev–Trinajstić information content (AvgIpc) is 2.84. The highest BCUT2D eigenvalue weighted by Crippen LogP contribution is 2.37. The Morgan fingerprint density at radius 3 is 2.21 bits per heavy atom. The van der Waals surface area contributed by atoms with Crippen molar-refractivity contribution in [3.63, 3.8) is 0 Å². The van der Waals surface area contributed by atoms with Crippen molar-refractivity contribution in [1.29, 1.82) is 5.26 Å². The van der Waals surface area contributed by atoms with E-state index >= 15 is 0 Å². The van der Waals surface area contributed by atoms with Gasteiger partial charge in [0.2, 0.25) is 5.91 Å². The van der Waals surface area contributed by atoms with Crippen LogP contribution in [0.4, 0.5) is 17.1 Å². The zero-order valence-corrected chi connectivity index (χ0v) is 26.1. The number of anilines is 2. The molecule has 3 aromatic rings. The number of benzene rings is 3. The molecule has 8 nitrogen and oxygen atoms in total. The largest absolute Gasteiger partial charge is 0.324 e. The van der Waals surface area contributed by atoms with E-state index in [0.717, 1.165) is 0 Å². The Morgan fingerprint density at radius 1 is 1.03 bits per heavy atom. The lowest BCUT2D eigenvalue weighted by Crippen LogP contribution is -2.20. The van der Waals surface area contributed by atoms with Gasteiger partial charge in [0, 0.05) is 35.4 Å². The van der Waals surface area contributed by atoms with Crippen molar-refractivity contribution in [1.82, 2.24) is 0 Å². The highest BCUT2D eigenvalue weighted by Gasteiger charge is 2.23. The van der Waals surface area contributed by atoms with Crippen LogP contribution in [0.3, 0.4) is 0 Å². The van der Waals surface area contributed by atoms with Crippen LogP contribution in [0.2, 0.25) is 10.0 Å². The number of carbonyl (C=O) groups excluding carboxylic acids is 2. The minimum Gasteiger partial charge on any atom is -0.324 e. The van der Waals surface area contributed by atoms with E-state index in [0.29, 0.717) is 40.8 Å². The van der Waals surface area contributed by atoms with Crippen molar-refractivity contribution < 1.29 is 14.5 Å². The lowest BCUT2D eigenvalue weighted by molar-refractivity contribution is -0.384. The van der Waals surface area contributed by atoms with Gasteiger partial charge in [-0.3, -0.25) is 19.7 Å². The van der Waals surface area contributed by atoms with Crippen molar-refractivity contribution in [2.45, 2.75) is 26.7 Å². The fourth-order valence-electron chi connectivity index (χ4n) is 3.52. The summed E-state index contributed by atoms with van der Waals surface area (Å²) in [6.45, 7) is 5.35. The summed E-state index contributed by atoms with van der Waals surface area (Å²) in [5.41, 5.74) is 2.64. The van der Waals surface area contributed by atoms with Crippen LogP contribution < -0.4 is 10.6 Å². The van der Waals surface area contributed by atoms with E-state index in [1.165, 1.54) is 12.1 Å². The van der Waals surface area contributed by atoms with Gasteiger partial charge in [-0.1, -0.05) is 49.2 Å². The predicted molar refractivity (Wildman–Crippen MR) is 165 cm³/mol. The lowest BCUT2D eigenvalue weighted by atomic mass is 9.91. The quantitative estimate of drug-likeness (QED) is 0.143. The van der Waals surface area contributed by atoms with Gasteiger partial charge in [-0.05, 0) is 93.1 Å². The number of nitrogens with zero attached hydrogens (tertiary/aromatic N) is 2. The Labute approximate surface area is 256 Å². The molecule has 0 aliphatic carbocycles. The average molecular weight is 777 g/mol. The molecular weight excluding hydrogens is 757 g/mol. The molecule has 0 heterocycles. The van der Waals surface area contributed by atoms with Crippen LogP contribution in [0.15, 0.2) is 42.5 Å². The Balaban J connectivity index is 1.90. The molecule has 0 saturated heterocycles. The lowest BCUT2D eigenvalue weighted by Gasteiger charge is -2.17. The molecule has 0 spiro atoms.